The molecule has 0 saturated carbocycles. The maximum atomic E-state index is 13.5. The standard InChI is InChI=1S/C28H31BrN4O3S/c1-5-35-23-13-18(9-12-22(23)36-16-17-7-10-19(29)11-8-17)25-24-20(14-28(3,4)15-21(24)34)30-26-31-27(37-6-2)32-33(25)26/h7-13,25H,5-6,14-16H2,1-4H3,(H,30,31,32). The van der Waals surface area contributed by atoms with E-state index in [4.69, 9.17) is 19.6 Å². The van der Waals surface area contributed by atoms with Gasteiger partial charge in [-0.05, 0) is 59.9 Å². The lowest BCUT2D eigenvalue weighted by molar-refractivity contribution is -0.118. The summed E-state index contributed by atoms with van der Waals surface area (Å²) in [6.45, 7) is 9.21. The topological polar surface area (TPSA) is 78.3 Å². The maximum absolute atomic E-state index is 13.5. The summed E-state index contributed by atoms with van der Waals surface area (Å²) in [5.41, 5.74) is 3.56. The molecular formula is C28H31BrN4O3S. The number of nitrogens with zero attached hydrogens (tertiary/aromatic N) is 3. The molecule has 0 bridgehead atoms. The van der Waals surface area contributed by atoms with Crippen molar-refractivity contribution < 1.29 is 14.3 Å². The molecule has 0 amide bonds. The van der Waals surface area contributed by atoms with E-state index >= 15 is 0 Å². The normalized spacial score (nSPS) is 18.2. The maximum Gasteiger partial charge on any atom is 0.227 e. The first-order valence-electron chi connectivity index (χ1n) is 12.5. The molecule has 1 unspecified atom stereocenters. The zero-order valence-corrected chi connectivity index (χ0v) is 23.9. The van der Waals surface area contributed by atoms with E-state index in [2.05, 4.69) is 42.0 Å². The third kappa shape index (κ3) is 5.43. The lowest BCUT2D eigenvalue weighted by atomic mass is 9.73. The molecule has 7 nitrogen and oxygen atoms in total. The van der Waals surface area contributed by atoms with Gasteiger partial charge in [-0.1, -0.05) is 66.7 Å². The van der Waals surface area contributed by atoms with Gasteiger partial charge in [0.15, 0.2) is 17.3 Å². The first-order chi connectivity index (χ1) is 17.8. The smallest absolute Gasteiger partial charge is 0.227 e. The van der Waals surface area contributed by atoms with Crippen LogP contribution >= 0.6 is 27.7 Å². The molecule has 194 valence electrons. The number of anilines is 1. The molecular weight excluding hydrogens is 552 g/mol. The number of rotatable bonds is 8. The van der Waals surface area contributed by atoms with Crippen molar-refractivity contribution in [3.63, 3.8) is 0 Å². The Balaban J connectivity index is 1.54. The molecule has 0 spiro atoms. The first kappa shape index (κ1) is 25.9. The number of thioether (sulfide) groups is 1. The van der Waals surface area contributed by atoms with E-state index in [0.29, 0.717) is 42.2 Å². The number of carbonyl (C=O) groups excluding carboxylic acids is 1. The number of halogens is 1. The fourth-order valence-corrected chi connectivity index (χ4v) is 5.73. The van der Waals surface area contributed by atoms with Gasteiger partial charge in [0.25, 0.3) is 0 Å². The fourth-order valence-electron chi connectivity index (χ4n) is 4.91. The van der Waals surface area contributed by atoms with Crippen molar-refractivity contribution in [1.82, 2.24) is 14.8 Å². The fraction of sp³-hybridized carbons (Fsp3) is 0.393. The Hall–Kier alpha value is -2.78. The number of nitrogens with one attached hydrogen (secondary N) is 1. The molecule has 0 saturated heterocycles. The second kappa shape index (κ2) is 10.5. The van der Waals surface area contributed by atoms with Gasteiger partial charge >= 0.3 is 0 Å². The minimum atomic E-state index is -0.381. The van der Waals surface area contributed by atoms with Crippen molar-refractivity contribution in [1.29, 1.82) is 0 Å². The largest absolute Gasteiger partial charge is 0.490 e. The van der Waals surface area contributed by atoms with Crippen LogP contribution in [0, 0.1) is 5.41 Å². The minimum absolute atomic E-state index is 0.113. The molecule has 1 aliphatic heterocycles. The second-order valence-electron chi connectivity index (χ2n) is 10.0. The van der Waals surface area contributed by atoms with E-state index in [1.807, 2.05) is 54.1 Å². The summed E-state index contributed by atoms with van der Waals surface area (Å²) in [7, 11) is 0. The molecule has 9 heteroatoms. The summed E-state index contributed by atoms with van der Waals surface area (Å²) >= 11 is 5.05. The van der Waals surface area contributed by atoms with Crippen LogP contribution in [0.1, 0.15) is 57.7 Å². The Morgan fingerprint density at radius 1 is 1.11 bits per heavy atom. The SMILES string of the molecule is CCOc1cc(C2C3=C(CC(C)(C)CC3=O)Nc3nc(SCC)nn32)ccc1OCc1ccc(Br)cc1. The summed E-state index contributed by atoms with van der Waals surface area (Å²) < 4.78 is 15.0. The Morgan fingerprint density at radius 2 is 1.89 bits per heavy atom. The molecule has 1 atom stereocenters. The van der Waals surface area contributed by atoms with Crippen molar-refractivity contribution in [2.75, 3.05) is 17.7 Å². The van der Waals surface area contributed by atoms with Crippen LogP contribution in [0.5, 0.6) is 11.5 Å². The molecule has 1 aromatic heterocycles. The number of Topliss-reactive ketones (excluding diaryl/α,β-unsaturated/α-hetero) is 1. The molecule has 0 radical (unpaired) electrons. The van der Waals surface area contributed by atoms with Gasteiger partial charge in [0.1, 0.15) is 12.6 Å². The monoisotopic (exact) mass is 582 g/mol. The van der Waals surface area contributed by atoms with Gasteiger partial charge in [-0.25, -0.2) is 4.68 Å². The van der Waals surface area contributed by atoms with E-state index < -0.39 is 0 Å². The second-order valence-corrected chi connectivity index (χ2v) is 12.2. The third-order valence-corrected chi connectivity index (χ3v) is 7.73. The van der Waals surface area contributed by atoms with Crippen LogP contribution in [0.3, 0.4) is 0 Å². The van der Waals surface area contributed by atoms with Gasteiger partial charge in [0, 0.05) is 22.2 Å². The predicted molar refractivity (Wildman–Crippen MR) is 149 cm³/mol. The summed E-state index contributed by atoms with van der Waals surface area (Å²) in [4.78, 5) is 18.2. The van der Waals surface area contributed by atoms with Crippen LogP contribution in [0.4, 0.5) is 5.95 Å². The summed E-state index contributed by atoms with van der Waals surface area (Å²) in [5.74, 6) is 2.98. The predicted octanol–water partition coefficient (Wildman–Crippen LogP) is 6.79. The minimum Gasteiger partial charge on any atom is -0.490 e. The number of allylic oxidation sites excluding steroid dienone is 2. The van der Waals surface area contributed by atoms with Crippen molar-refractivity contribution in [2.24, 2.45) is 5.41 Å². The molecule has 0 fully saturated rings. The number of aromatic nitrogens is 3. The summed E-state index contributed by atoms with van der Waals surface area (Å²) in [6.07, 6.45) is 1.28. The van der Waals surface area contributed by atoms with E-state index in [9.17, 15) is 4.79 Å². The lowest BCUT2D eigenvalue weighted by Crippen LogP contribution is -2.36. The zero-order valence-electron chi connectivity index (χ0n) is 21.5. The van der Waals surface area contributed by atoms with Crippen LogP contribution in [-0.2, 0) is 11.4 Å². The van der Waals surface area contributed by atoms with E-state index in [0.717, 1.165) is 39.0 Å². The molecule has 2 aromatic carbocycles. The van der Waals surface area contributed by atoms with Crippen LogP contribution in [-0.4, -0.2) is 32.9 Å². The van der Waals surface area contributed by atoms with Gasteiger partial charge in [-0.15, -0.1) is 5.10 Å². The van der Waals surface area contributed by atoms with Gasteiger partial charge in [0.05, 0.1) is 6.61 Å². The Labute approximate surface area is 230 Å². The van der Waals surface area contributed by atoms with Crippen LogP contribution in [0.25, 0.3) is 0 Å². The van der Waals surface area contributed by atoms with Gasteiger partial charge < -0.3 is 14.8 Å². The molecule has 1 aliphatic carbocycles. The number of carbonyl (C=O) groups is 1. The van der Waals surface area contributed by atoms with Gasteiger partial charge in [0.2, 0.25) is 11.1 Å². The van der Waals surface area contributed by atoms with Crippen molar-refractivity contribution in [3.05, 3.63) is 69.3 Å². The summed E-state index contributed by atoms with van der Waals surface area (Å²) in [6, 6.07) is 13.6. The molecule has 2 heterocycles. The summed E-state index contributed by atoms with van der Waals surface area (Å²) in [5, 5.41) is 8.91. The number of hydrogen-bond donors (Lipinski definition) is 1. The molecule has 5 rings (SSSR count). The van der Waals surface area contributed by atoms with E-state index in [1.165, 1.54) is 0 Å². The highest BCUT2D eigenvalue weighted by atomic mass is 79.9. The Bertz CT molecular complexity index is 1350. The molecule has 3 aromatic rings. The molecule has 37 heavy (non-hydrogen) atoms. The van der Waals surface area contributed by atoms with Gasteiger partial charge in [-0.3, -0.25) is 4.79 Å². The highest BCUT2D eigenvalue weighted by Crippen LogP contribution is 2.46. The average molecular weight is 584 g/mol. The highest BCUT2D eigenvalue weighted by molar-refractivity contribution is 9.10. The number of ketones is 1. The Morgan fingerprint density at radius 3 is 2.62 bits per heavy atom. The van der Waals surface area contributed by atoms with Crippen molar-refractivity contribution >= 4 is 39.4 Å². The lowest BCUT2D eigenvalue weighted by Gasteiger charge is -2.38. The first-order valence-corrected chi connectivity index (χ1v) is 14.3. The van der Waals surface area contributed by atoms with Gasteiger partial charge in [-0.2, -0.15) is 4.98 Å². The number of fused-ring (bicyclic) bond motifs is 1. The highest BCUT2D eigenvalue weighted by Gasteiger charge is 2.42. The number of ether oxygens (including phenoxy) is 2. The third-order valence-electron chi connectivity index (χ3n) is 6.48. The van der Waals surface area contributed by atoms with Crippen LogP contribution in [0.15, 0.2) is 63.4 Å². The van der Waals surface area contributed by atoms with Crippen molar-refractivity contribution in [2.45, 2.75) is 58.3 Å². The Kier molecular flexibility index (Phi) is 7.36. The molecule has 2 aliphatic rings. The van der Waals surface area contributed by atoms with E-state index in [1.54, 1.807) is 11.8 Å². The van der Waals surface area contributed by atoms with Crippen LogP contribution in [0.2, 0.25) is 0 Å². The zero-order chi connectivity index (χ0) is 26.2. The number of hydrogen-bond acceptors (Lipinski definition) is 7. The number of benzene rings is 2. The van der Waals surface area contributed by atoms with Crippen LogP contribution < -0.4 is 14.8 Å². The van der Waals surface area contributed by atoms with E-state index in [-0.39, 0.29) is 17.2 Å². The average Bonchev–Trinajstić information content (AvgIpc) is 3.24. The van der Waals surface area contributed by atoms with Crippen molar-refractivity contribution in [3.8, 4) is 11.5 Å². The quantitative estimate of drug-likeness (QED) is 0.293. The molecule has 1 N–H and O–H groups in total.